The maximum Gasteiger partial charge on any atom is 0.0848 e. The highest BCUT2D eigenvalue weighted by atomic mass is 15.0. The van der Waals surface area contributed by atoms with Crippen molar-refractivity contribution in [3.63, 3.8) is 0 Å². The van der Waals surface area contributed by atoms with Gasteiger partial charge in [0.1, 0.15) is 0 Å². The molecule has 3 atom stereocenters. The molecular formula is C15H17N3. The summed E-state index contributed by atoms with van der Waals surface area (Å²) in [6, 6.07) is 0. The van der Waals surface area contributed by atoms with Gasteiger partial charge in [0.05, 0.1) is 17.1 Å². The molecular weight excluding hydrogens is 222 g/mol. The Bertz CT molecular complexity index is 602. The van der Waals surface area contributed by atoms with Crippen molar-refractivity contribution >= 4 is 6.08 Å². The monoisotopic (exact) mass is 239 g/mol. The van der Waals surface area contributed by atoms with Crippen LogP contribution in [-0.4, -0.2) is 23.1 Å². The minimum absolute atomic E-state index is 0.515. The number of rotatable bonds is 0. The number of fused-ring (bicyclic) bond motifs is 2. The highest BCUT2D eigenvalue weighted by Gasteiger charge is 2.76. The first-order valence-corrected chi connectivity index (χ1v) is 6.98. The zero-order chi connectivity index (χ0) is 12.0. The number of piperidine rings is 1. The van der Waals surface area contributed by atoms with E-state index in [0.717, 1.165) is 23.7 Å². The van der Waals surface area contributed by atoms with E-state index in [1.807, 2.05) is 13.1 Å². The van der Waals surface area contributed by atoms with Crippen LogP contribution in [0.2, 0.25) is 0 Å². The lowest BCUT2D eigenvalue weighted by Gasteiger charge is -2.26. The van der Waals surface area contributed by atoms with Crippen LogP contribution in [0.5, 0.6) is 0 Å². The van der Waals surface area contributed by atoms with Crippen molar-refractivity contribution in [1.82, 2.24) is 15.3 Å². The zero-order valence-electron chi connectivity index (χ0n) is 10.7. The Hall–Kier alpha value is -1.22. The number of nitrogens with zero attached hydrogens (tertiary/aromatic N) is 2. The van der Waals surface area contributed by atoms with E-state index >= 15 is 0 Å². The molecule has 2 saturated carbocycles. The van der Waals surface area contributed by atoms with Crippen molar-refractivity contribution in [2.24, 2.45) is 16.7 Å². The summed E-state index contributed by atoms with van der Waals surface area (Å²) in [6.07, 6.45) is 8.21. The third-order valence-corrected chi connectivity index (χ3v) is 5.78. The normalized spacial score (nSPS) is 42.7. The Kier molecular flexibility index (Phi) is 1.45. The topological polar surface area (TPSA) is 37.8 Å². The minimum Gasteiger partial charge on any atom is -0.315 e. The van der Waals surface area contributed by atoms with Crippen molar-refractivity contribution in [2.45, 2.75) is 26.2 Å². The molecule has 1 aromatic heterocycles. The average Bonchev–Trinajstić information content (AvgIpc) is 2.75. The van der Waals surface area contributed by atoms with E-state index < -0.39 is 0 Å². The van der Waals surface area contributed by atoms with Gasteiger partial charge < -0.3 is 5.32 Å². The second kappa shape index (κ2) is 2.69. The lowest BCUT2D eigenvalue weighted by molar-refractivity contribution is 0.426. The summed E-state index contributed by atoms with van der Waals surface area (Å²) in [5.41, 5.74) is 6.22. The number of aryl methyl sites for hydroxylation is 1. The van der Waals surface area contributed by atoms with Gasteiger partial charge in [0.15, 0.2) is 0 Å². The van der Waals surface area contributed by atoms with Gasteiger partial charge in [-0.3, -0.25) is 9.97 Å². The smallest absolute Gasteiger partial charge is 0.0848 e. The van der Waals surface area contributed by atoms with Crippen molar-refractivity contribution in [1.29, 1.82) is 0 Å². The fourth-order valence-electron chi connectivity index (χ4n) is 4.97. The summed E-state index contributed by atoms with van der Waals surface area (Å²) in [4.78, 5) is 9.26. The quantitative estimate of drug-likeness (QED) is 0.749. The second-order valence-corrected chi connectivity index (χ2v) is 6.69. The molecule has 3 aliphatic carbocycles. The molecule has 1 saturated heterocycles. The fraction of sp³-hybridized carbons (Fsp3) is 0.600. The first-order valence-electron chi connectivity index (χ1n) is 6.98. The molecule has 3 fully saturated rings. The first-order chi connectivity index (χ1) is 8.72. The van der Waals surface area contributed by atoms with Crippen LogP contribution in [0.3, 0.4) is 0 Å². The first kappa shape index (κ1) is 9.68. The molecule has 2 heterocycles. The summed E-state index contributed by atoms with van der Waals surface area (Å²) < 4.78 is 0. The van der Waals surface area contributed by atoms with E-state index in [1.165, 1.54) is 31.6 Å². The molecule has 0 radical (unpaired) electrons. The number of nitrogens with one attached hydrogen (secondary N) is 1. The average molecular weight is 239 g/mol. The molecule has 4 aliphatic rings. The Labute approximate surface area is 107 Å². The van der Waals surface area contributed by atoms with Gasteiger partial charge >= 0.3 is 0 Å². The van der Waals surface area contributed by atoms with Crippen LogP contribution in [0.15, 0.2) is 11.8 Å². The largest absolute Gasteiger partial charge is 0.315 e. The van der Waals surface area contributed by atoms with Crippen LogP contribution in [-0.2, 0) is 6.42 Å². The molecule has 3 heteroatoms. The molecule has 3 nitrogen and oxygen atoms in total. The third-order valence-electron chi connectivity index (χ3n) is 5.78. The molecule has 0 bridgehead atoms. The van der Waals surface area contributed by atoms with Crippen molar-refractivity contribution < 1.29 is 0 Å². The molecule has 0 amide bonds. The molecule has 1 aromatic rings. The van der Waals surface area contributed by atoms with Gasteiger partial charge in [-0.25, -0.2) is 0 Å². The van der Waals surface area contributed by atoms with E-state index in [9.17, 15) is 0 Å². The summed E-state index contributed by atoms with van der Waals surface area (Å²) >= 11 is 0. The van der Waals surface area contributed by atoms with Crippen LogP contribution in [0.4, 0.5) is 0 Å². The number of hydrogen-bond acceptors (Lipinski definition) is 3. The standard InChI is InChI=1S/C15H17N3/c1-9-5-17-12-2-10-4-14-6-15(14,8-16-7-14)11(10)3-13(12)18-9/h3,5,10,16H,2,4,6-8H2,1H3. The van der Waals surface area contributed by atoms with Crippen LogP contribution >= 0.6 is 0 Å². The molecule has 1 aliphatic heterocycles. The molecule has 18 heavy (non-hydrogen) atoms. The molecule has 1 N–H and O–H groups in total. The van der Waals surface area contributed by atoms with Gasteiger partial charge in [-0.2, -0.15) is 0 Å². The zero-order valence-corrected chi connectivity index (χ0v) is 10.7. The summed E-state index contributed by atoms with van der Waals surface area (Å²) in [7, 11) is 0. The van der Waals surface area contributed by atoms with E-state index in [-0.39, 0.29) is 0 Å². The summed E-state index contributed by atoms with van der Waals surface area (Å²) in [6.45, 7) is 4.46. The Balaban J connectivity index is 1.68. The lowest BCUT2D eigenvalue weighted by Crippen LogP contribution is -2.25. The number of aromatic nitrogens is 2. The molecule has 0 aromatic carbocycles. The predicted molar refractivity (Wildman–Crippen MR) is 68.9 cm³/mol. The molecule has 3 unspecified atom stereocenters. The highest BCUT2D eigenvalue weighted by molar-refractivity contribution is 5.63. The van der Waals surface area contributed by atoms with Gasteiger partial charge in [0, 0.05) is 24.7 Å². The SMILES string of the molecule is Cc1cnc2c(n1)C=C1C(C2)CC23CNCC12C3. The van der Waals surface area contributed by atoms with Crippen molar-refractivity contribution in [2.75, 3.05) is 13.1 Å². The summed E-state index contributed by atoms with van der Waals surface area (Å²) in [5, 5.41) is 3.60. The van der Waals surface area contributed by atoms with Gasteiger partial charge in [-0.05, 0) is 43.6 Å². The van der Waals surface area contributed by atoms with Crippen LogP contribution in [0.25, 0.3) is 6.08 Å². The van der Waals surface area contributed by atoms with E-state index in [2.05, 4.69) is 21.4 Å². The number of hydrogen-bond donors (Lipinski definition) is 1. The van der Waals surface area contributed by atoms with Crippen molar-refractivity contribution in [3.05, 3.63) is 28.9 Å². The van der Waals surface area contributed by atoms with E-state index in [1.54, 1.807) is 5.57 Å². The van der Waals surface area contributed by atoms with E-state index in [4.69, 9.17) is 0 Å². The van der Waals surface area contributed by atoms with Gasteiger partial charge in [-0.1, -0.05) is 5.57 Å². The van der Waals surface area contributed by atoms with E-state index in [0.29, 0.717) is 10.8 Å². The van der Waals surface area contributed by atoms with Gasteiger partial charge in [-0.15, -0.1) is 0 Å². The molecule has 92 valence electrons. The Morgan fingerprint density at radius 2 is 2.33 bits per heavy atom. The maximum absolute atomic E-state index is 4.68. The lowest BCUT2D eigenvalue weighted by atomic mass is 9.82. The predicted octanol–water partition coefficient (Wildman–Crippen LogP) is 1.72. The minimum atomic E-state index is 0.515. The Morgan fingerprint density at radius 3 is 3.28 bits per heavy atom. The third kappa shape index (κ3) is 0.902. The summed E-state index contributed by atoms with van der Waals surface area (Å²) in [5.74, 6) is 0.755. The van der Waals surface area contributed by atoms with Crippen LogP contribution in [0, 0.1) is 23.7 Å². The Morgan fingerprint density at radius 1 is 1.39 bits per heavy atom. The van der Waals surface area contributed by atoms with Crippen LogP contribution in [0.1, 0.15) is 29.9 Å². The van der Waals surface area contributed by atoms with Crippen LogP contribution < -0.4 is 5.32 Å². The fourth-order valence-corrected chi connectivity index (χ4v) is 4.97. The van der Waals surface area contributed by atoms with Gasteiger partial charge in [0.25, 0.3) is 0 Å². The van der Waals surface area contributed by atoms with Crippen molar-refractivity contribution in [3.8, 4) is 0 Å². The second-order valence-electron chi connectivity index (χ2n) is 6.69. The van der Waals surface area contributed by atoms with Gasteiger partial charge in [0.2, 0.25) is 0 Å². The maximum atomic E-state index is 4.68. The highest BCUT2D eigenvalue weighted by Crippen LogP contribution is 2.79. The molecule has 0 spiro atoms. The molecule has 5 rings (SSSR count).